The van der Waals surface area contributed by atoms with E-state index in [-0.39, 0.29) is 5.54 Å². The predicted octanol–water partition coefficient (Wildman–Crippen LogP) is 3.01. The van der Waals surface area contributed by atoms with Crippen molar-refractivity contribution >= 4 is 0 Å². The van der Waals surface area contributed by atoms with Crippen molar-refractivity contribution in [3.8, 4) is 12.3 Å². The summed E-state index contributed by atoms with van der Waals surface area (Å²) in [5, 5.41) is 3.44. The van der Waals surface area contributed by atoms with Crippen LogP contribution in [-0.4, -0.2) is 11.6 Å². The third-order valence-corrected chi connectivity index (χ3v) is 2.68. The highest BCUT2D eigenvalue weighted by atomic mass is 15.0. The minimum Gasteiger partial charge on any atom is -0.299 e. The molecular weight excluding hydrogens is 194 g/mol. The third-order valence-electron chi connectivity index (χ3n) is 2.68. The molecule has 0 aliphatic carbocycles. The molecule has 0 radical (unpaired) electrons. The SMILES string of the molecule is C#CC(C)(C)NC(C)CCc1ccccc1. The van der Waals surface area contributed by atoms with Crippen LogP contribution in [-0.2, 0) is 6.42 Å². The highest BCUT2D eigenvalue weighted by Crippen LogP contribution is 2.08. The highest BCUT2D eigenvalue weighted by molar-refractivity contribution is 5.15. The molecule has 0 aliphatic rings. The van der Waals surface area contributed by atoms with E-state index >= 15 is 0 Å². The third kappa shape index (κ3) is 4.51. The van der Waals surface area contributed by atoms with Gasteiger partial charge in [0.2, 0.25) is 0 Å². The average Bonchev–Trinajstić information content (AvgIpc) is 2.27. The zero-order valence-electron chi connectivity index (χ0n) is 10.5. The number of rotatable bonds is 5. The maximum atomic E-state index is 5.45. The van der Waals surface area contributed by atoms with Gasteiger partial charge in [0.05, 0.1) is 5.54 Å². The summed E-state index contributed by atoms with van der Waals surface area (Å²) in [4.78, 5) is 0. The lowest BCUT2D eigenvalue weighted by molar-refractivity contribution is 0.406. The molecule has 0 amide bonds. The number of terminal acetylenes is 1. The van der Waals surface area contributed by atoms with Gasteiger partial charge in [-0.3, -0.25) is 5.32 Å². The fourth-order valence-corrected chi connectivity index (χ4v) is 1.76. The van der Waals surface area contributed by atoms with Gasteiger partial charge < -0.3 is 0 Å². The van der Waals surface area contributed by atoms with Crippen LogP contribution < -0.4 is 5.32 Å². The van der Waals surface area contributed by atoms with E-state index in [2.05, 4.69) is 42.4 Å². The maximum absolute atomic E-state index is 5.45. The second-order valence-electron chi connectivity index (χ2n) is 4.84. The summed E-state index contributed by atoms with van der Waals surface area (Å²) >= 11 is 0. The molecule has 0 saturated carbocycles. The van der Waals surface area contributed by atoms with Gasteiger partial charge >= 0.3 is 0 Å². The van der Waals surface area contributed by atoms with Crippen LogP contribution >= 0.6 is 0 Å². The van der Waals surface area contributed by atoms with Crippen LogP contribution in [0.25, 0.3) is 0 Å². The zero-order valence-corrected chi connectivity index (χ0v) is 10.5. The molecule has 1 rings (SSSR count). The summed E-state index contributed by atoms with van der Waals surface area (Å²) in [6, 6.07) is 11.0. The molecule has 1 atom stereocenters. The smallest absolute Gasteiger partial charge is 0.0743 e. The molecule has 1 heteroatoms. The summed E-state index contributed by atoms with van der Waals surface area (Å²) in [6.07, 6.45) is 7.65. The molecule has 0 aromatic heterocycles. The Hall–Kier alpha value is -1.26. The number of hydrogen-bond donors (Lipinski definition) is 1. The summed E-state index contributed by atoms with van der Waals surface area (Å²) in [7, 11) is 0. The monoisotopic (exact) mass is 215 g/mol. The van der Waals surface area contributed by atoms with E-state index < -0.39 is 0 Å². The van der Waals surface area contributed by atoms with E-state index in [1.54, 1.807) is 0 Å². The first-order valence-corrected chi connectivity index (χ1v) is 5.83. The van der Waals surface area contributed by atoms with Crippen LogP contribution in [0.5, 0.6) is 0 Å². The Bertz CT molecular complexity index is 345. The molecule has 0 saturated heterocycles. The van der Waals surface area contributed by atoms with Crippen LogP contribution in [0, 0.1) is 12.3 Å². The number of nitrogens with one attached hydrogen (secondary N) is 1. The number of hydrogen-bond acceptors (Lipinski definition) is 1. The first-order chi connectivity index (χ1) is 7.53. The topological polar surface area (TPSA) is 12.0 Å². The lowest BCUT2D eigenvalue weighted by Gasteiger charge is -2.25. The fourth-order valence-electron chi connectivity index (χ4n) is 1.76. The molecule has 0 heterocycles. The van der Waals surface area contributed by atoms with E-state index in [0.29, 0.717) is 6.04 Å². The van der Waals surface area contributed by atoms with Crippen molar-refractivity contribution < 1.29 is 0 Å². The van der Waals surface area contributed by atoms with E-state index in [9.17, 15) is 0 Å². The van der Waals surface area contributed by atoms with Gasteiger partial charge in [-0.15, -0.1) is 6.42 Å². The van der Waals surface area contributed by atoms with Gasteiger partial charge in [0.1, 0.15) is 0 Å². The van der Waals surface area contributed by atoms with Crippen molar-refractivity contribution in [3.63, 3.8) is 0 Å². The van der Waals surface area contributed by atoms with Gasteiger partial charge in [0.15, 0.2) is 0 Å². The molecule has 1 nitrogen and oxygen atoms in total. The molecule has 0 fully saturated rings. The summed E-state index contributed by atoms with van der Waals surface area (Å²) < 4.78 is 0. The average molecular weight is 215 g/mol. The summed E-state index contributed by atoms with van der Waals surface area (Å²) in [6.45, 7) is 6.25. The molecule has 1 N–H and O–H groups in total. The number of aryl methyl sites for hydroxylation is 1. The molecular formula is C15H21N. The summed E-state index contributed by atoms with van der Waals surface area (Å²) in [5.41, 5.74) is 1.17. The quantitative estimate of drug-likeness (QED) is 0.745. The highest BCUT2D eigenvalue weighted by Gasteiger charge is 2.16. The normalized spacial score (nSPS) is 13.1. The Kier molecular flexibility index (Phi) is 4.58. The second-order valence-corrected chi connectivity index (χ2v) is 4.84. The Morgan fingerprint density at radius 1 is 1.31 bits per heavy atom. The summed E-state index contributed by atoms with van der Waals surface area (Å²) in [5.74, 6) is 2.76. The predicted molar refractivity (Wildman–Crippen MR) is 70.3 cm³/mol. The van der Waals surface area contributed by atoms with E-state index in [1.807, 2.05) is 19.9 Å². The minimum atomic E-state index is -0.212. The molecule has 1 aromatic carbocycles. The van der Waals surface area contributed by atoms with Crippen molar-refractivity contribution in [3.05, 3.63) is 35.9 Å². The molecule has 1 unspecified atom stereocenters. The van der Waals surface area contributed by atoms with Gasteiger partial charge in [0, 0.05) is 6.04 Å². The molecule has 0 bridgehead atoms. The number of benzene rings is 1. The molecule has 16 heavy (non-hydrogen) atoms. The molecule has 0 spiro atoms. The largest absolute Gasteiger partial charge is 0.299 e. The standard InChI is InChI=1S/C15H21N/c1-5-15(3,4)16-13(2)11-12-14-9-7-6-8-10-14/h1,6-10,13,16H,11-12H2,2-4H3. The van der Waals surface area contributed by atoms with Crippen LogP contribution in [0.2, 0.25) is 0 Å². The molecule has 86 valence electrons. The Morgan fingerprint density at radius 3 is 2.50 bits per heavy atom. The first kappa shape index (κ1) is 12.8. The van der Waals surface area contributed by atoms with Gasteiger partial charge in [0.25, 0.3) is 0 Å². The van der Waals surface area contributed by atoms with Crippen LogP contribution in [0.3, 0.4) is 0 Å². The first-order valence-electron chi connectivity index (χ1n) is 5.83. The van der Waals surface area contributed by atoms with E-state index in [1.165, 1.54) is 5.56 Å². The van der Waals surface area contributed by atoms with Gasteiger partial charge in [-0.2, -0.15) is 0 Å². The Morgan fingerprint density at radius 2 is 1.94 bits per heavy atom. The van der Waals surface area contributed by atoms with Gasteiger partial charge in [-0.1, -0.05) is 36.3 Å². The molecule has 0 aliphatic heterocycles. The van der Waals surface area contributed by atoms with Gasteiger partial charge in [-0.05, 0) is 39.2 Å². The van der Waals surface area contributed by atoms with Crippen LogP contribution in [0.4, 0.5) is 0 Å². The minimum absolute atomic E-state index is 0.212. The van der Waals surface area contributed by atoms with E-state index in [0.717, 1.165) is 12.8 Å². The van der Waals surface area contributed by atoms with Crippen molar-refractivity contribution in [1.82, 2.24) is 5.32 Å². The molecule has 1 aromatic rings. The van der Waals surface area contributed by atoms with E-state index in [4.69, 9.17) is 6.42 Å². The van der Waals surface area contributed by atoms with Crippen molar-refractivity contribution in [2.75, 3.05) is 0 Å². The van der Waals surface area contributed by atoms with Crippen molar-refractivity contribution in [2.24, 2.45) is 0 Å². The van der Waals surface area contributed by atoms with Crippen molar-refractivity contribution in [1.29, 1.82) is 0 Å². The van der Waals surface area contributed by atoms with Crippen LogP contribution in [0.1, 0.15) is 32.8 Å². The van der Waals surface area contributed by atoms with Gasteiger partial charge in [-0.25, -0.2) is 0 Å². The lowest BCUT2D eigenvalue weighted by atomic mass is 10.0. The second kappa shape index (κ2) is 5.72. The van der Waals surface area contributed by atoms with Crippen LogP contribution in [0.15, 0.2) is 30.3 Å². The zero-order chi connectivity index (χ0) is 12.0. The Balaban J connectivity index is 2.37. The van der Waals surface area contributed by atoms with Crippen molar-refractivity contribution in [2.45, 2.75) is 45.2 Å². The Labute approximate surface area is 99.3 Å². The fraction of sp³-hybridized carbons (Fsp3) is 0.467. The lowest BCUT2D eigenvalue weighted by Crippen LogP contribution is -2.43. The maximum Gasteiger partial charge on any atom is 0.0743 e.